The van der Waals surface area contributed by atoms with Crippen molar-refractivity contribution in [2.75, 3.05) is 6.54 Å². The molecule has 3 heterocycles. The van der Waals surface area contributed by atoms with E-state index in [0.717, 1.165) is 11.6 Å². The molecule has 0 aliphatic carbocycles. The minimum atomic E-state index is -0.310. The van der Waals surface area contributed by atoms with E-state index in [-0.39, 0.29) is 17.8 Å². The first-order valence-electron chi connectivity index (χ1n) is 9.23. The molecule has 0 unspecified atom stereocenters. The fraction of sp³-hybridized carbons (Fsp3) is 0.444. The Hall–Kier alpha value is -3.17. The summed E-state index contributed by atoms with van der Waals surface area (Å²) < 4.78 is 15.1. The monoisotopic (exact) mass is 384 g/mol. The summed E-state index contributed by atoms with van der Waals surface area (Å²) in [6.45, 7) is 5.62. The zero-order valence-corrected chi connectivity index (χ0v) is 15.8. The van der Waals surface area contributed by atoms with Gasteiger partial charge in [0, 0.05) is 18.5 Å². The molecule has 1 atom stereocenters. The molecule has 1 aromatic carbocycles. The number of aromatic nitrogens is 7. The van der Waals surface area contributed by atoms with Gasteiger partial charge in [-0.3, -0.25) is 4.79 Å². The van der Waals surface area contributed by atoms with E-state index in [4.69, 9.17) is 0 Å². The van der Waals surface area contributed by atoms with Crippen LogP contribution < -0.4 is 0 Å². The van der Waals surface area contributed by atoms with E-state index >= 15 is 0 Å². The van der Waals surface area contributed by atoms with Gasteiger partial charge >= 0.3 is 0 Å². The van der Waals surface area contributed by atoms with Crippen LogP contribution in [0.25, 0.3) is 11.4 Å². The van der Waals surface area contributed by atoms with Crippen molar-refractivity contribution in [2.45, 2.75) is 45.8 Å². The van der Waals surface area contributed by atoms with Crippen LogP contribution in [0.15, 0.2) is 24.3 Å². The lowest BCUT2D eigenvalue weighted by Crippen LogP contribution is -2.40. The number of amides is 1. The van der Waals surface area contributed by atoms with E-state index in [2.05, 4.69) is 37.1 Å². The molecular weight excluding hydrogens is 363 g/mol. The molecule has 1 aliphatic rings. The molecular formula is C18H21FN8O. The first-order valence-corrected chi connectivity index (χ1v) is 9.23. The molecule has 1 aliphatic heterocycles. The number of benzene rings is 1. The Morgan fingerprint density at radius 2 is 2.00 bits per heavy atom. The summed E-state index contributed by atoms with van der Waals surface area (Å²) in [5.74, 6) is 1.91. The number of halogens is 1. The topological polar surface area (TPSA) is 94.6 Å². The maximum Gasteiger partial charge on any atom is 0.223 e. The van der Waals surface area contributed by atoms with E-state index in [0.29, 0.717) is 43.9 Å². The highest BCUT2D eigenvalue weighted by atomic mass is 19.1. The Labute approximate surface area is 161 Å². The number of nitrogens with zero attached hydrogens (tertiary/aromatic N) is 8. The average molecular weight is 384 g/mol. The summed E-state index contributed by atoms with van der Waals surface area (Å²) in [4.78, 5) is 15.9. The zero-order valence-electron chi connectivity index (χ0n) is 15.8. The molecule has 4 rings (SSSR count). The van der Waals surface area contributed by atoms with Gasteiger partial charge in [0.15, 0.2) is 5.82 Å². The van der Waals surface area contributed by atoms with Crippen LogP contribution in [0.5, 0.6) is 0 Å². The number of carbonyl (C=O) groups excluding carboxylic acids is 1. The van der Waals surface area contributed by atoms with Crippen molar-refractivity contribution in [3.05, 3.63) is 41.7 Å². The average Bonchev–Trinajstić information content (AvgIpc) is 3.29. The van der Waals surface area contributed by atoms with E-state index < -0.39 is 0 Å². The standard InChI is InChI=1S/C18H21FN8O/c1-12-10-25(11-16-21-20-13(2)27(12)16)17(28)4-3-9-26-23-18(22-24-26)14-5-7-15(19)8-6-14/h5-8,12H,3-4,9-11H2,1-2H3/t12-/m0/s1. The predicted molar refractivity (Wildman–Crippen MR) is 97.3 cm³/mol. The van der Waals surface area contributed by atoms with E-state index in [1.54, 1.807) is 12.1 Å². The van der Waals surface area contributed by atoms with Gasteiger partial charge in [-0.15, -0.1) is 20.4 Å². The second-order valence-corrected chi connectivity index (χ2v) is 6.98. The zero-order chi connectivity index (χ0) is 19.7. The number of tetrazole rings is 1. The maximum atomic E-state index is 13.0. The third-order valence-electron chi connectivity index (χ3n) is 4.85. The highest BCUT2D eigenvalue weighted by molar-refractivity contribution is 5.76. The van der Waals surface area contributed by atoms with Crippen LogP contribution in [0.4, 0.5) is 4.39 Å². The summed E-state index contributed by atoms with van der Waals surface area (Å²) in [5.41, 5.74) is 0.699. The van der Waals surface area contributed by atoms with Crippen molar-refractivity contribution in [3.63, 3.8) is 0 Å². The quantitative estimate of drug-likeness (QED) is 0.665. The summed E-state index contributed by atoms with van der Waals surface area (Å²) in [5, 5.41) is 20.6. The Morgan fingerprint density at radius 3 is 2.79 bits per heavy atom. The number of aryl methyl sites for hydroxylation is 2. The van der Waals surface area contributed by atoms with Gasteiger partial charge in [-0.25, -0.2) is 4.39 Å². The first kappa shape index (κ1) is 18.2. The third kappa shape index (κ3) is 3.62. The van der Waals surface area contributed by atoms with Crippen LogP contribution in [0.3, 0.4) is 0 Å². The molecule has 1 amide bonds. The van der Waals surface area contributed by atoms with Crippen LogP contribution in [0.1, 0.15) is 37.5 Å². The normalized spacial score (nSPS) is 16.2. The molecule has 9 nitrogen and oxygen atoms in total. The Bertz CT molecular complexity index is 980. The Morgan fingerprint density at radius 1 is 1.21 bits per heavy atom. The number of carbonyl (C=O) groups is 1. The van der Waals surface area contributed by atoms with Gasteiger partial charge < -0.3 is 9.47 Å². The van der Waals surface area contributed by atoms with Gasteiger partial charge in [-0.2, -0.15) is 4.80 Å². The van der Waals surface area contributed by atoms with E-state index in [1.165, 1.54) is 16.9 Å². The van der Waals surface area contributed by atoms with Crippen molar-refractivity contribution in [1.82, 2.24) is 39.9 Å². The second-order valence-electron chi connectivity index (χ2n) is 6.98. The molecule has 0 saturated carbocycles. The Balaban J connectivity index is 1.31. The van der Waals surface area contributed by atoms with Crippen LogP contribution in [0, 0.1) is 12.7 Å². The Kier molecular flexibility index (Phi) is 4.84. The van der Waals surface area contributed by atoms with Gasteiger partial charge in [-0.1, -0.05) is 0 Å². The largest absolute Gasteiger partial charge is 0.333 e. The molecule has 0 bridgehead atoms. The van der Waals surface area contributed by atoms with Gasteiger partial charge in [0.2, 0.25) is 11.7 Å². The molecule has 0 fully saturated rings. The summed E-state index contributed by atoms with van der Waals surface area (Å²) in [6.07, 6.45) is 1.00. The smallest absolute Gasteiger partial charge is 0.223 e. The van der Waals surface area contributed by atoms with E-state index in [9.17, 15) is 9.18 Å². The number of hydrogen-bond donors (Lipinski definition) is 0. The second kappa shape index (κ2) is 7.45. The van der Waals surface area contributed by atoms with Crippen molar-refractivity contribution >= 4 is 5.91 Å². The third-order valence-corrected chi connectivity index (χ3v) is 4.85. The van der Waals surface area contributed by atoms with Crippen LogP contribution in [-0.4, -0.2) is 52.3 Å². The molecule has 0 radical (unpaired) electrons. The van der Waals surface area contributed by atoms with Crippen molar-refractivity contribution in [2.24, 2.45) is 0 Å². The minimum absolute atomic E-state index is 0.0811. The summed E-state index contributed by atoms with van der Waals surface area (Å²) in [6, 6.07) is 6.10. The molecule has 28 heavy (non-hydrogen) atoms. The first-order chi connectivity index (χ1) is 13.5. The molecule has 0 N–H and O–H groups in total. The van der Waals surface area contributed by atoms with E-state index in [1.807, 2.05) is 11.8 Å². The maximum absolute atomic E-state index is 13.0. The summed E-state index contributed by atoms with van der Waals surface area (Å²) in [7, 11) is 0. The van der Waals surface area contributed by atoms with Gasteiger partial charge in [0.25, 0.3) is 0 Å². The molecule has 0 saturated heterocycles. The highest BCUT2D eigenvalue weighted by Gasteiger charge is 2.27. The van der Waals surface area contributed by atoms with Crippen molar-refractivity contribution < 1.29 is 9.18 Å². The lowest BCUT2D eigenvalue weighted by atomic mass is 10.2. The van der Waals surface area contributed by atoms with Gasteiger partial charge in [0.05, 0.1) is 19.1 Å². The van der Waals surface area contributed by atoms with Crippen LogP contribution in [0.2, 0.25) is 0 Å². The van der Waals surface area contributed by atoms with Crippen molar-refractivity contribution in [1.29, 1.82) is 0 Å². The SMILES string of the molecule is Cc1nnc2n1[C@@H](C)CN(C(=O)CCCn1nnc(-c3ccc(F)cc3)n1)C2. The lowest BCUT2D eigenvalue weighted by Gasteiger charge is -2.32. The van der Waals surface area contributed by atoms with Crippen LogP contribution >= 0.6 is 0 Å². The van der Waals surface area contributed by atoms with Gasteiger partial charge in [-0.05, 0) is 49.7 Å². The number of rotatable bonds is 5. The molecule has 2 aromatic heterocycles. The van der Waals surface area contributed by atoms with Gasteiger partial charge in [0.1, 0.15) is 11.6 Å². The minimum Gasteiger partial charge on any atom is -0.333 e. The molecule has 146 valence electrons. The number of hydrogen-bond acceptors (Lipinski definition) is 6. The lowest BCUT2D eigenvalue weighted by molar-refractivity contribution is -0.133. The molecule has 3 aromatic rings. The predicted octanol–water partition coefficient (Wildman–Crippen LogP) is 1.76. The van der Waals surface area contributed by atoms with Crippen molar-refractivity contribution in [3.8, 4) is 11.4 Å². The number of fused-ring (bicyclic) bond motifs is 1. The van der Waals surface area contributed by atoms with Crippen LogP contribution in [-0.2, 0) is 17.9 Å². The molecule has 10 heteroatoms. The fourth-order valence-corrected chi connectivity index (χ4v) is 3.50. The summed E-state index contributed by atoms with van der Waals surface area (Å²) >= 11 is 0. The highest BCUT2D eigenvalue weighted by Crippen LogP contribution is 2.21. The fourth-order valence-electron chi connectivity index (χ4n) is 3.50. The molecule has 0 spiro atoms.